The monoisotopic (exact) mass is 317 g/mol. The maximum atomic E-state index is 12.6. The van der Waals surface area contributed by atoms with Crippen LogP contribution in [0.3, 0.4) is 0 Å². The van der Waals surface area contributed by atoms with E-state index >= 15 is 0 Å². The minimum atomic E-state index is -0.330. The zero-order valence-electron chi connectivity index (χ0n) is 13.2. The Hall–Kier alpha value is -2.08. The molecule has 3 amide bonds. The first-order chi connectivity index (χ1) is 11.3. The van der Waals surface area contributed by atoms with Crippen LogP contribution in [0.25, 0.3) is 0 Å². The second kappa shape index (κ2) is 7.46. The Labute approximate surface area is 136 Å². The summed E-state index contributed by atoms with van der Waals surface area (Å²) < 4.78 is 5.29. The quantitative estimate of drug-likeness (QED) is 0.912. The first-order valence-corrected chi connectivity index (χ1v) is 8.20. The Kier molecular flexibility index (Phi) is 5.12. The van der Waals surface area contributed by atoms with E-state index in [2.05, 4.69) is 5.32 Å². The molecule has 6 nitrogen and oxygen atoms in total. The maximum absolute atomic E-state index is 12.6. The van der Waals surface area contributed by atoms with Crippen molar-refractivity contribution in [3.05, 3.63) is 35.9 Å². The van der Waals surface area contributed by atoms with E-state index in [0.717, 1.165) is 18.4 Å². The number of nitrogens with one attached hydrogen (secondary N) is 1. The van der Waals surface area contributed by atoms with Crippen LogP contribution in [0.5, 0.6) is 0 Å². The van der Waals surface area contributed by atoms with Crippen molar-refractivity contribution in [3.63, 3.8) is 0 Å². The van der Waals surface area contributed by atoms with E-state index in [9.17, 15) is 9.59 Å². The lowest BCUT2D eigenvalue weighted by molar-refractivity contribution is -0.139. The fourth-order valence-electron chi connectivity index (χ4n) is 3.14. The number of benzene rings is 1. The number of hydrogen-bond donors (Lipinski definition) is 1. The molecule has 0 bridgehead atoms. The van der Waals surface area contributed by atoms with Crippen LogP contribution in [0, 0.1) is 0 Å². The van der Waals surface area contributed by atoms with Gasteiger partial charge in [0.25, 0.3) is 0 Å². The van der Waals surface area contributed by atoms with Crippen LogP contribution < -0.4 is 5.32 Å². The number of morpholine rings is 1. The standard InChI is InChI=1S/C17H23N3O3/c21-16(19-9-11-23-12-10-19)15-7-4-8-20(15)17(22)18-13-14-5-2-1-3-6-14/h1-3,5-6,15H,4,7-13H2,(H,18,22)/t15-/m0/s1. The van der Waals surface area contributed by atoms with E-state index in [1.807, 2.05) is 35.2 Å². The molecule has 1 atom stereocenters. The van der Waals surface area contributed by atoms with Crippen LogP contribution in [0.1, 0.15) is 18.4 Å². The van der Waals surface area contributed by atoms with Crippen molar-refractivity contribution < 1.29 is 14.3 Å². The lowest BCUT2D eigenvalue weighted by Crippen LogP contribution is -2.52. The van der Waals surface area contributed by atoms with Gasteiger partial charge < -0.3 is 19.9 Å². The van der Waals surface area contributed by atoms with Gasteiger partial charge in [-0.05, 0) is 18.4 Å². The summed E-state index contributed by atoms with van der Waals surface area (Å²) in [6.07, 6.45) is 1.62. The number of amides is 3. The maximum Gasteiger partial charge on any atom is 0.318 e. The number of ether oxygens (including phenoxy) is 1. The third kappa shape index (κ3) is 3.82. The zero-order valence-corrected chi connectivity index (χ0v) is 13.2. The van der Waals surface area contributed by atoms with Crippen molar-refractivity contribution in [2.24, 2.45) is 0 Å². The average Bonchev–Trinajstić information content (AvgIpc) is 3.10. The van der Waals surface area contributed by atoms with E-state index < -0.39 is 0 Å². The van der Waals surface area contributed by atoms with Crippen molar-refractivity contribution >= 4 is 11.9 Å². The Bertz CT molecular complexity index is 543. The highest BCUT2D eigenvalue weighted by Crippen LogP contribution is 2.20. The highest BCUT2D eigenvalue weighted by Gasteiger charge is 2.36. The summed E-state index contributed by atoms with van der Waals surface area (Å²) >= 11 is 0. The summed E-state index contributed by atoms with van der Waals surface area (Å²) in [4.78, 5) is 28.6. The first kappa shape index (κ1) is 15.8. The van der Waals surface area contributed by atoms with Gasteiger partial charge in [-0.15, -0.1) is 0 Å². The minimum Gasteiger partial charge on any atom is -0.378 e. The van der Waals surface area contributed by atoms with Crippen LogP contribution in [0.4, 0.5) is 4.79 Å². The average molecular weight is 317 g/mol. The number of rotatable bonds is 3. The van der Waals surface area contributed by atoms with Crippen molar-refractivity contribution in [2.75, 3.05) is 32.8 Å². The second-order valence-corrected chi connectivity index (χ2v) is 5.93. The van der Waals surface area contributed by atoms with Crippen molar-refractivity contribution in [2.45, 2.75) is 25.4 Å². The Morgan fingerprint density at radius 1 is 1.13 bits per heavy atom. The topological polar surface area (TPSA) is 61.9 Å². The molecule has 124 valence electrons. The summed E-state index contributed by atoms with van der Waals surface area (Å²) in [7, 11) is 0. The van der Waals surface area contributed by atoms with E-state index in [4.69, 9.17) is 4.74 Å². The Morgan fingerprint density at radius 3 is 2.61 bits per heavy atom. The molecular weight excluding hydrogens is 294 g/mol. The molecule has 2 aliphatic rings. The Morgan fingerprint density at radius 2 is 1.87 bits per heavy atom. The molecule has 0 saturated carbocycles. The highest BCUT2D eigenvalue weighted by atomic mass is 16.5. The summed E-state index contributed by atoms with van der Waals surface area (Å²) in [6.45, 7) is 3.52. The fourth-order valence-corrected chi connectivity index (χ4v) is 3.14. The predicted octanol–water partition coefficient (Wildman–Crippen LogP) is 1.22. The largest absolute Gasteiger partial charge is 0.378 e. The molecule has 3 rings (SSSR count). The van der Waals surface area contributed by atoms with Crippen molar-refractivity contribution in [3.8, 4) is 0 Å². The molecule has 2 saturated heterocycles. The second-order valence-electron chi connectivity index (χ2n) is 5.93. The summed E-state index contributed by atoms with van der Waals surface area (Å²) in [5.74, 6) is 0.0562. The molecule has 0 aromatic heterocycles. The number of likely N-dealkylation sites (tertiary alicyclic amines) is 1. The van der Waals surface area contributed by atoms with Crippen LogP contribution in [0.2, 0.25) is 0 Å². The molecule has 23 heavy (non-hydrogen) atoms. The van der Waals surface area contributed by atoms with Gasteiger partial charge in [-0.1, -0.05) is 30.3 Å². The van der Waals surface area contributed by atoms with Crippen LogP contribution in [-0.4, -0.2) is 60.6 Å². The molecule has 2 fully saturated rings. The lowest BCUT2D eigenvalue weighted by atomic mass is 10.2. The van der Waals surface area contributed by atoms with Crippen molar-refractivity contribution in [1.29, 1.82) is 0 Å². The molecule has 0 unspecified atom stereocenters. The molecular formula is C17H23N3O3. The van der Waals surface area contributed by atoms with Gasteiger partial charge in [-0.3, -0.25) is 4.79 Å². The molecule has 0 spiro atoms. The van der Waals surface area contributed by atoms with Gasteiger partial charge >= 0.3 is 6.03 Å². The number of urea groups is 1. The SMILES string of the molecule is O=C([C@@H]1CCCN1C(=O)NCc1ccccc1)N1CCOCC1. The van der Waals surface area contributed by atoms with Gasteiger partial charge in [0.1, 0.15) is 6.04 Å². The molecule has 1 aromatic carbocycles. The Balaban J connectivity index is 1.57. The van der Waals surface area contributed by atoms with Gasteiger partial charge in [-0.2, -0.15) is 0 Å². The van der Waals surface area contributed by atoms with Crippen molar-refractivity contribution in [1.82, 2.24) is 15.1 Å². The van der Waals surface area contributed by atoms with E-state index in [-0.39, 0.29) is 18.0 Å². The zero-order chi connectivity index (χ0) is 16.1. The normalized spacial score (nSPS) is 21.3. The number of hydrogen-bond acceptors (Lipinski definition) is 3. The van der Waals surface area contributed by atoms with E-state index in [1.165, 1.54) is 0 Å². The predicted molar refractivity (Wildman–Crippen MR) is 85.8 cm³/mol. The van der Waals surface area contributed by atoms with E-state index in [1.54, 1.807) is 4.90 Å². The number of nitrogens with zero attached hydrogens (tertiary/aromatic N) is 2. The fraction of sp³-hybridized carbons (Fsp3) is 0.529. The van der Waals surface area contributed by atoms with Crippen LogP contribution in [-0.2, 0) is 16.1 Å². The van der Waals surface area contributed by atoms with Gasteiger partial charge in [0.15, 0.2) is 0 Å². The molecule has 0 aliphatic carbocycles. The molecule has 1 aromatic rings. The number of carbonyl (C=O) groups is 2. The first-order valence-electron chi connectivity index (χ1n) is 8.20. The van der Waals surface area contributed by atoms with E-state index in [0.29, 0.717) is 39.4 Å². The molecule has 2 heterocycles. The summed E-state index contributed by atoms with van der Waals surface area (Å²) in [5, 5.41) is 2.92. The van der Waals surface area contributed by atoms with Gasteiger partial charge in [0.2, 0.25) is 5.91 Å². The minimum absolute atomic E-state index is 0.0562. The summed E-state index contributed by atoms with van der Waals surface area (Å²) in [6, 6.07) is 9.30. The van der Waals surface area contributed by atoms with Gasteiger partial charge in [-0.25, -0.2) is 4.79 Å². The smallest absolute Gasteiger partial charge is 0.318 e. The van der Waals surface area contributed by atoms with Crippen LogP contribution >= 0.6 is 0 Å². The molecule has 0 radical (unpaired) electrons. The van der Waals surface area contributed by atoms with Crippen LogP contribution in [0.15, 0.2) is 30.3 Å². The third-order valence-corrected chi connectivity index (χ3v) is 4.41. The lowest BCUT2D eigenvalue weighted by Gasteiger charge is -2.32. The number of carbonyl (C=O) groups excluding carboxylic acids is 2. The summed E-state index contributed by atoms with van der Waals surface area (Å²) in [5.41, 5.74) is 1.05. The van der Waals surface area contributed by atoms with Gasteiger partial charge in [0.05, 0.1) is 13.2 Å². The molecule has 2 aliphatic heterocycles. The van der Waals surface area contributed by atoms with Gasteiger partial charge in [0, 0.05) is 26.2 Å². The third-order valence-electron chi connectivity index (χ3n) is 4.41. The highest BCUT2D eigenvalue weighted by molar-refractivity contribution is 5.87. The molecule has 1 N–H and O–H groups in total. The molecule has 6 heteroatoms.